The van der Waals surface area contributed by atoms with Crippen molar-refractivity contribution < 1.29 is 32.2 Å². The monoisotopic (exact) mass is 538 g/mol. The van der Waals surface area contributed by atoms with E-state index < -0.39 is 22.0 Å². The first-order chi connectivity index (χ1) is 18.1. The van der Waals surface area contributed by atoms with Crippen LogP contribution in [0.3, 0.4) is 0 Å². The van der Waals surface area contributed by atoms with Gasteiger partial charge in [-0.15, -0.1) is 0 Å². The summed E-state index contributed by atoms with van der Waals surface area (Å²) < 4.78 is 43.7. The zero-order valence-electron chi connectivity index (χ0n) is 21.8. The minimum absolute atomic E-state index is 0.0405. The van der Waals surface area contributed by atoms with E-state index in [1.54, 1.807) is 35.2 Å². The summed E-state index contributed by atoms with van der Waals surface area (Å²) in [5.41, 5.74) is 3.49. The molecule has 1 aliphatic rings. The maximum Gasteiger partial charge on any atom is 0.328 e. The highest BCUT2D eigenvalue weighted by molar-refractivity contribution is 7.92. The molecule has 3 aromatic carbocycles. The Morgan fingerprint density at radius 1 is 0.895 bits per heavy atom. The lowest BCUT2D eigenvalue weighted by Crippen LogP contribution is -2.45. The summed E-state index contributed by atoms with van der Waals surface area (Å²) >= 11 is 0. The van der Waals surface area contributed by atoms with Crippen molar-refractivity contribution in [2.24, 2.45) is 5.92 Å². The summed E-state index contributed by atoms with van der Waals surface area (Å²) in [7, 11) is 0.378. The Kier molecular flexibility index (Phi) is 7.63. The third-order valence-corrected chi connectivity index (χ3v) is 7.86. The molecule has 0 radical (unpaired) electrons. The van der Waals surface area contributed by atoms with Gasteiger partial charge in [-0.2, -0.15) is 0 Å². The number of carbonyl (C=O) groups excluding carboxylic acids is 2. The Balaban J connectivity index is 1.53. The molecule has 4 rings (SSSR count). The number of amides is 1. The number of benzene rings is 3. The second kappa shape index (κ2) is 10.7. The SMILES string of the molecule is COC(=O)[C@H](C(C)C)N1Cc2cc(-c3ccc(NS(=O)(=O)c4ccc(OC)c(OC)c4)cc3)ccc2C1=O. The lowest BCUT2D eigenvalue weighted by Gasteiger charge is -2.28. The highest BCUT2D eigenvalue weighted by Crippen LogP contribution is 2.33. The zero-order chi connectivity index (χ0) is 27.6. The predicted octanol–water partition coefficient (Wildman–Crippen LogP) is 4.33. The van der Waals surface area contributed by atoms with Crippen LogP contribution >= 0.6 is 0 Å². The molecule has 9 nitrogen and oxygen atoms in total. The second-order valence-corrected chi connectivity index (χ2v) is 10.9. The molecule has 1 aliphatic heterocycles. The van der Waals surface area contributed by atoms with E-state index in [4.69, 9.17) is 14.2 Å². The molecule has 0 unspecified atom stereocenters. The molecule has 0 aromatic heterocycles. The fourth-order valence-electron chi connectivity index (χ4n) is 4.56. The summed E-state index contributed by atoms with van der Waals surface area (Å²) in [5, 5.41) is 0. The summed E-state index contributed by atoms with van der Waals surface area (Å²) in [6, 6.07) is 16.2. The smallest absolute Gasteiger partial charge is 0.328 e. The Bertz CT molecular complexity index is 1470. The van der Waals surface area contributed by atoms with Gasteiger partial charge < -0.3 is 19.1 Å². The number of ether oxygens (including phenoxy) is 3. The molecule has 38 heavy (non-hydrogen) atoms. The molecule has 10 heteroatoms. The number of hydrogen-bond acceptors (Lipinski definition) is 7. The highest BCUT2D eigenvalue weighted by atomic mass is 32.2. The van der Waals surface area contributed by atoms with Gasteiger partial charge in [-0.05, 0) is 59.0 Å². The first-order valence-electron chi connectivity index (χ1n) is 12.0. The van der Waals surface area contributed by atoms with Crippen LogP contribution in [0.2, 0.25) is 0 Å². The van der Waals surface area contributed by atoms with Gasteiger partial charge >= 0.3 is 5.97 Å². The molecular weight excluding hydrogens is 508 g/mol. The van der Waals surface area contributed by atoms with Gasteiger partial charge in [-0.25, -0.2) is 13.2 Å². The number of rotatable bonds is 9. The van der Waals surface area contributed by atoms with Gasteiger partial charge in [0.2, 0.25) is 0 Å². The van der Waals surface area contributed by atoms with E-state index in [0.717, 1.165) is 16.7 Å². The summed E-state index contributed by atoms with van der Waals surface area (Å²) in [5.74, 6) is 0.00394. The average Bonchev–Trinajstić information content (AvgIpc) is 3.23. The fourth-order valence-corrected chi connectivity index (χ4v) is 5.63. The van der Waals surface area contributed by atoms with Gasteiger partial charge in [-0.3, -0.25) is 9.52 Å². The van der Waals surface area contributed by atoms with Crippen LogP contribution in [0.1, 0.15) is 29.8 Å². The normalized spacial score (nSPS) is 13.7. The summed E-state index contributed by atoms with van der Waals surface area (Å²) in [6.07, 6.45) is 0. The van der Waals surface area contributed by atoms with Crippen molar-refractivity contribution >= 4 is 27.6 Å². The van der Waals surface area contributed by atoms with Crippen LogP contribution in [-0.4, -0.2) is 52.6 Å². The molecule has 1 N–H and O–H groups in total. The Morgan fingerprint density at radius 2 is 1.55 bits per heavy atom. The van der Waals surface area contributed by atoms with E-state index in [9.17, 15) is 18.0 Å². The molecule has 0 bridgehead atoms. The molecule has 3 aromatic rings. The van der Waals surface area contributed by atoms with Gasteiger partial charge in [0.15, 0.2) is 11.5 Å². The second-order valence-electron chi connectivity index (χ2n) is 9.22. The molecule has 1 amide bonds. The van der Waals surface area contributed by atoms with E-state index in [-0.39, 0.29) is 16.7 Å². The Labute approximate surface area is 222 Å². The topological polar surface area (TPSA) is 111 Å². The number of nitrogens with zero attached hydrogens (tertiary/aromatic N) is 1. The summed E-state index contributed by atoms with van der Waals surface area (Å²) in [6.45, 7) is 4.07. The standard InChI is InChI=1S/C28H30N2O7S/c1-17(2)26(28(32)37-5)30-16-20-14-19(8-12-23(20)27(30)31)18-6-9-21(10-7-18)29-38(33,34)22-11-13-24(35-3)25(15-22)36-4/h6-15,17,26,29H,16H2,1-5H3/t26-/m0/s1. The quantitative estimate of drug-likeness (QED) is 0.404. The van der Waals surface area contributed by atoms with Crippen molar-refractivity contribution in [2.75, 3.05) is 26.1 Å². The number of carbonyl (C=O) groups is 2. The number of nitrogens with one attached hydrogen (secondary N) is 1. The molecule has 0 saturated heterocycles. The maximum atomic E-state index is 13.0. The van der Waals surface area contributed by atoms with Crippen molar-refractivity contribution in [1.29, 1.82) is 0 Å². The van der Waals surface area contributed by atoms with Crippen LogP contribution in [-0.2, 0) is 26.1 Å². The molecule has 0 spiro atoms. The fraction of sp³-hybridized carbons (Fsp3) is 0.286. The van der Waals surface area contributed by atoms with Crippen molar-refractivity contribution in [3.63, 3.8) is 0 Å². The molecule has 0 fully saturated rings. The van der Waals surface area contributed by atoms with E-state index in [2.05, 4.69) is 4.72 Å². The number of anilines is 1. The van der Waals surface area contributed by atoms with Gasteiger partial charge in [0, 0.05) is 23.9 Å². The highest BCUT2D eigenvalue weighted by Gasteiger charge is 2.38. The first-order valence-corrected chi connectivity index (χ1v) is 13.4. The third kappa shape index (κ3) is 5.17. The van der Waals surface area contributed by atoms with Crippen LogP contribution in [0.25, 0.3) is 11.1 Å². The maximum absolute atomic E-state index is 13.0. The van der Waals surface area contributed by atoms with Crippen molar-refractivity contribution in [3.8, 4) is 22.6 Å². The number of esters is 1. The minimum atomic E-state index is -3.86. The van der Waals surface area contributed by atoms with Crippen LogP contribution in [0.5, 0.6) is 11.5 Å². The lowest BCUT2D eigenvalue weighted by molar-refractivity contribution is -0.147. The molecule has 0 saturated carbocycles. The van der Waals surface area contributed by atoms with Crippen molar-refractivity contribution in [3.05, 3.63) is 71.8 Å². The molecular formula is C28H30N2O7S. The lowest BCUT2D eigenvalue weighted by atomic mass is 10.0. The molecule has 1 atom stereocenters. The van der Waals surface area contributed by atoms with E-state index in [0.29, 0.717) is 29.3 Å². The summed E-state index contributed by atoms with van der Waals surface area (Å²) in [4.78, 5) is 26.9. The van der Waals surface area contributed by atoms with Crippen LogP contribution in [0.4, 0.5) is 5.69 Å². The van der Waals surface area contributed by atoms with Gasteiger partial charge in [0.25, 0.3) is 15.9 Å². The van der Waals surface area contributed by atoms with Gasteiger partial charge in [0.05, 0.1) is 26.2 Å². The average molecular weight is 539 g/mol. The van der Waals surface area contributed by atoms with Crippen LogP contribution in [0, 0.1) is 5.92 Å². The largest absolute Gasteiger partial charge is 0.493 e. The van der Waals surface area contributed by atoms with E-state index >= 15 is 0 Å². The van der Waals surface area contributed by atoms with E-state index in [1.807, 2.05) is 26.0 Å². The number of methoxy groups -OCH3 is 3. The van der Waals surface area contributed by atoms with Crippen molar-refractivity contribution in [2.45, 2.75) is 31.3 Å². The molecule has 0 aliphatic carbocycles. The molecule has 1 heterocycles. The Hall–Kier alpha value is -4.05. The van der Waals surface area contributed by atoms with Crippen LogP contribution < -0.4 is 14.2 Å². The van der Waals surface area contributed by atoms with E-state index in [1.165, 1.54) is 39.5 Å². The van der Waals surface area contributed by atoms with Gasteiger partial charge in [0.1, 0.15) is 6.04 Å². The number of hydrogen-bond donors (Lipinski definition) is 1. The predicted molar refractivity (Wildman–Crippen MR) is 143 cm³/mol. The molecule has 200 valence electrons. The number of sulfonamides is 1. The van der Waals surface area contributed by atoms with Gasteiger partial charge in [-0.1, -0.05) is 32.0 Å². The third-order valence-electron chi connectivity index (χ3n) is 6.48. The number of fused-ring (bicyclic) bond motifs is 1. The minimum Gasteiger partial charge on any atom is -0.493 e. The van der Waals surface area contributed by atoms with Crippen molar-refractivity contribution in [1.82, 2.24) is 4.90 Å². The van der Waals surface area contributed by atoms with Crippen LogP contribution in [0.15, 0.2) is 65.6 Å². The first kappa shape index (κ1) is 27.0. The zero-order valence-corrected chi connectivity index (χ0v) is 22.7. The Morgan fingerprint density at radius 3 is 2.16 bits per heavy atom.